The molecule has 0 heterocycles. The van der Waals surface area contributed by atoms with Gasteiger partial charge in [0.15, 0.2) is 0 Å². The van der Waals surface area contributed by atoms with Gasteiger partial charge in [-0.3, -0.25) is 4.79 Å². The second kappa shape index (κ2) is 7.70. The number of halogens is 1. The summed E-state index contributed by atoms with van der Waals surface area (Å²) in [4.78, 5) is 21.3. The van der Waals surface area contributed by atoms with Crippen LogP contribution in [0.15, 0.2) is 11.6 Å². The van der Waals surface area contributed by atoms with Crippen molar-refractivity contribution in [3.8, 4) is 0 Å². The molecule has 0 bridgehead atoms. The zero-order valence-electron chi connectivity index (χ0n) is 7.70. The normalized spacial score (nSPS) is 12.7. The molecule has 0 aliphatic heterocycles. The lowest BCUT2D eigenvalue weighted by Crippen LogP contribution is -2.41. The fourth-order valence-electron chi connectivity index (χ4n) is 0.710. The van der Waals surface area contributed by atoms with Crippen LogP contribution in [-0.4, -0.2) is 34.5 Å². The number of nitrogens with one attached hydrogen (secondary N) is 1. The average molecular weight is 238 g/mol. The predicted octanol–water partition coefficient (Wildman–Crippen LogP) is 1.06. The number of thioether (sulfide) groups is 1. The number of amides is 1. The highest BCUT2D eigenvalue weighted by atomic mass is 35.5. The van der Waals surface area contributed by atoms with Gasteiger partial charge in [0.1, 0.15) is 6.04 Å². The first-order valence-corrected chi connectivity index (χ1v) is 5.50. The first kappa shape index (κ1) is 13.3. The molecule has 80 valence electrons. The molecule has 0 aliphatic carbocycles. The van der Waals surface area contributed by atoms with Crippen molar-refractivity contribution in [3.05, 3.63) is 11.6 Å². The molecule has 14 heavy (non-hydrogen) atoms. The number of carbonyl (C=O) groups excluding carboxylic acids is 1. The number of carboxylic acid groups (broad SMARTS) is 1. The van der Waals surface area contributed by atoms with E-state index in [2.05, 4.69) is 5.32 Å². The third kappa shape index (κ3) is 6.80. The lowest BCUT2D eigenvalue weighted by Gasteiger charge is -2.11. The Morgan fingerprint density at radius 1 is 1.64 bits per heavy atom. The van der Waals surface area contributed by atoms with Gasteiger partial charge in [0.2, 0.25) is 5.91 Å². The van der Waals surface area contributed by atoms with Crippen molar-refractivity contribution in [2.45, 2.75) is 13.0 Å². The van der Waals surface area contributed by atoms with Gasteiger partial charge in [-0.05, 0) is 0 Å². The number of carbonyl (C=O) groups is 2. The second-order valence-electron chi connectivity index (χ2n) is 2.49. The number of hydrogen-bond acceptors (Lipinski definition) is 3. The van der Waals surface area contributed by atoms with E-state index in [1.54, 1.807) is 6.08 Å². The fraction of sp³-hybridized carbons (Fsp3) is 0.500. The third-order valence-electron chi connectivity index (χ3n) is 1.26. The van der Waals surface area contributed by atoms with Crippen molar-refractivity contribution in [1.29, 1.82) is 0 Å². The molecule has 0 saturated carbocycles. The monoisotopic (exact) mass is 237 g/mol. The Morgan fingerprint density at radius 3 is 2.71 bits per heavy atom. The Balaban J connectivity index is 3.85. The molecule has 0 aliphatic rings. The summed E-state index contributed by atoms with van der Waals surface area (Å²) in [5.41, 5.74) is 1.38. The van der Waals surface area contributed by atoms with Crippen LogP contribution in [0.4, 0.5) is 0 Å². The lowest BCUT2D eigenvalue weighted by atomic mass is 10.3. The number of carboxylic acids is 1. The van der Waals surface area contributed by atoms with Crippen LogP contribution in [0.2, 0.25) is 0 Å². The molecule has 0 spiro atoms. The van der Waals surface area contributed by atoms with Crippen LogP contribution in [0.3, 0.4) is 0 Å². The Hall–Kier alpha value is -0.680. The quantitative estimate of drug-likeness (QED) is 0.678. The highest BCUT2D eigenvalue weighted by Gasteiger charge is 2.17. The molecule has 0 unspecified atom stereocenters. The van der Waals surface area contributed by atoms with Gasteiger partial charge in [0, 0.05) is 24.0 Å². The molecular weight excluding hydrogens is 226 g/mol. The Morgan fingerprint density at radius 2 is 2.29 bits per heavy atom. The van der Waals surface area contributed by atoms with Crippen LogP contribution >= 0.6 is 23.4 Å². The summed E-state index contributed by atoms with van der Waals surface area (Å²) in [5, 5.41) is 11.0. The highest BCUT2D eigenvalue weighted by molar-refractivity contribution is 7.99. The molecule has 2 N–H and O–H groups in total. The Kier molecular flexibility index (Phi) is 7.32. The maximum atomic E-state index is 10.6. The van der Waals surface area contributed by atoms with Crippen LogP contribution in [0, 0.1) is 0 Å². The van der Waals surface area contributed by atoms with Crippen molar-refractivity contribution in [3.63, 3.8) is 0 Å². The minimum absolute atomic E-state index is 0.330. The lowest BCUT2D eigenvalue weighted by molar-refractivity contribution is -0.140. The van der Waals surface area contributed by atoms with Crippen LogP contribution in [0.5, 0.6) is 0 Å². The topological polar surface area (TPSA) is 66.4 Å². The van der Waals surface area contributed by atoms with E-state index in [9.17, 15) is 9.59 Å². The molecule has 6 heteroatoms. The minimum atomic E-state index is -1.03. The zero-order chi connectivity index (χ0) is 11.0. The maximum Gasteiger partial charge on any atom is 0.327 e. The van der Waals surface area contributed by atoms with E-state index in [1.165, 1.54) is 24.2 Å². The van der Waals surface area contributed by atoms with Gasteiger partial charge in [0.05, 0.1) is 0 Å². The first-order valence-electron chi connectivity index (χ1n) is 3.90. The number of hydrogen-bond donors (Lipinski definition) is 2. The molecule has 0 aromatic heterocycles. The van der Waals surface area contributed by atoms with Crippen molar-refractivity contribution in [1.82, 2.24) is 5.32 Å². The largest absolute Gasteiger partial charge is 0.480 e. The predicted molar refractivity (Wildman–Crippen MR) is 57.6 cm³/mol. The molecule has 0 radical (unpaired) electrons. The highest BCUT2D eigenvalue weighted by Crippen LogP contribution is 2.04. The van der Waals surface area contributed by atoms with E-state index in [4.69, 9.17) is 16.7 Å². The van der Waals surface area contributed by atoms with Crippen molar-refractivity contribution < 1.29 is 14.7 Å². The summed E-state index contributed by atoms with van der Waals surface area (Å²) in [5.74, 6) is -0.406. The SMILES string of the molecule is CC(=O)N[C@@H](CSC/C=C/Cl)C(=O)O. The van der Waals surface area contributed by atoms with Crippen molar-refractivity contribution in [2.75, 3.05) is 11.5 Å². The van der Waals surface area contributed by atoms with E-state index in [0.29, 0.717) is 11.5 Å². The smallest absolute Gasteiger partial charge is 0.327 e. The van der Waals surface area contributed by atoms with Gasteiger partial charge in [0.25, 0.3) is 0 Å². The van der Waals surface area contributed by atoms with Crippen LogP contribution in [-0.2, 0) is 9.59 Å². The summed E-state index contributed by atoms with van der Waals surface area (Å²) in [6.45, 7) is 1.29. The zero-order valence-corrected chi connectivity index (χ0v) is 9.27. The molecular formula is C8H12ClNO3S. The van der Waals surface area contributed by atoms with E-state index in [1.807, 2.05) is 0 Å². The average Bonchev–Trinajstić information content (AvgIpc) is 2.09. The summed E-state index contributed by atoms with van der Waals surface area (Å²) < 4.78 is 0. The number of aliphatic carboxylic acids is 1. The van der Waals surface area contributed by atoms with E-state index in [-0.39, 0.29) is 5.91 Å². The standard InChI is InChI=1S/C8H12ClNO3S/c1-6(11)10-7(8(12)13)5-14-4-2-3-9/h2-3,7H,4-5H2,1H3,(H,10,11)(H,12,13)/b3-2+/t7-/m0/s1. The molecule has 0 rings (SSSR count). The van der Waals surface area contributed by atoms with Gasteiger partial charge in [-0.1, -0.05) is 17.7 Å². The fourth-order valence-corrected chi connectivity index (χ4v) is 1.74. The molecule has 1 atom stereocenters. The maximum absolute atomic E-state index is 10.6. The summed E-state index contributed by atoms with van der Waals surface area (Å²) >= 11 is 6.67. The van der Waals surface area contributed by atoms with Crippen molar-refractivity contribution in [2.24, 2.45) is 0 Å². The Bertz CT molecular complexity index is 233. The van der Waals surface area contributed by atoms with Gasteiger partial charge in [-0.25, -0.2) is 4.79 Å². The third-order valence-corrected chi connectivity index (χ3v) is 2.44. The van der Waals surface area contributed by atoms with Crippen LogP contribution in [0.25, 0.3) is 0 Å². The van der Waals surface area contributed by atoms with Crippen LogP contribution in [0.1, 0.15) is 6.92 Å². The first-order chi connectivity index (χ1) is 6.57. The molecule has 0 saturated heterocycles. The van der Waals surface area contributed by atoms with E-state index < -0.39 is 12.0 Å². The summed E-state index contributed by atoms with van der Waals surface area (Å²) in [6.07, 6.45) is 1.71. The van der Waals surface area contributed by atoms with Gasteiger partial charge >= 0.3 is 5.97 Å². The molecule has 1 amide bonds. The summed E-state index contributed by atoms with van der Waals surface area (Å²) in [7, 11) is 0. The van der Waals surface area contributed by atoms with Gasteiger partial charge < -0.3 is 10.4 Å². The summed E-state index contributed by atoms with van der Waals surface area (Å²) in [6, 6.07) is -0.832. The number of rotatable bonds is 6. The van der Waals surface area contributed by atoms with E-state index in [0.717, 1.165) is 0 Å². The molecule has 0 aromatic rings. The van der Waals surface area contributed by atoms with Crippen LogP contribution < -0.4 is 5.32 Å². The molecule has 4 nitrogen and oxygen atoms in total. The minimum Gasteiger partial charge on any atom is -0.480 e. The van der Waals surface area contributed by atoms with E-state index >= 15 is 0 Å². The Labute approximate surface area is 91.7 Å². The molecule has 0 fully saturated rings. The van der Waals surface area contributed by atoms with Gasteiger partial charge in [-0.15, -0.1) is 0 Å². The van der Waals surface area contributed by atoms with Gasteiger partial charge in [-0.2, -0.15) is 11.8 Å². The van der Waals surface area contributed by atoms with Crippen molar-refractivity contribution >= 4 is 35.2 Å². The molecule has 0 aromatic carbocycles. The second-order valence-corrected chi connectivity index (χ2v) is 3.82.